The van der Waals surface area contributed by atoms with E-state index < -0.39 is 0 Å². The average Bonchev–Trinajstić information content (AvgIpc) is 3.71. The standard InChI is InChI=1S/C28H19N7OS/c1-2-5-17(6-3-1)16-36-19-11-18(13-29-14-19)22-12-20-23(15-31-22)34-35-25(20)28-32-21-8-9-30-27(26(21)33-28)24-7-4-10-37-24/h1-15H,16H2,(H,32,33)(H,34,35). The molecule has 7 aromatic rings. The lowest BCUT2D eigenvalue weighted by Crippen LogP contribution is -1.96. The van der Waals surface area contributed by atoms with Crippen molar-refractivity contribution in [1.82, 2.24) is 35.1 Å². The van der Waals surface area contributed by atoms with Crippen LogP contribution in [-0.2, 0) is 6.61 Å². The van der Waals surface area contributed by atoms with Gasteiger partial charge < -0.3 is 9.72 Å². The molecule has 0 aliphatic carbocycles. The van der Waals surface area contributed by atoms with Crippen molar-refractivity contribution in [3.63, 3.8) is 0 Å². The van der Waals surface area contributed by atoms with Gasteiger partial charge in [-0.1, -0.05) is 36.4 Å². The van der Waals surface area contributed by atoms with Crippen LogP contribution >= 0.6 is 11.3 Å². The maximum atomic E-state index is 5.97. The Hall–Kier alpha value is -4.89. The number of rotatable bonds is 6. The van der Waals surface area contributed by atoms with Crippen molar-refractivity contribution in [2.24, 2.45) is 0 Å². The fourth-order valence-electron chi connectivity index (χ4n) is 4.27. The molecule has 0 aliphatic rings. The second-order valence-electron chi connectivity index (χ2n) is 8.49. The third-order valence-corrected chi connectivity index (χ3v) is 6.96. The van der Waals surface area contributed by atoms with Crippen LogP contribution in [0.5, 0.6) is 5.75 Å². The number of hydrogen-bond donors (Lipinski definition) is 2. The molecule has 0 atom stereocenters. The predicted octanol–water partition coefficient (Wildman–Crippen LogP) is 6.27. The van der Waals surface area contributed by atoms with Crippen molar-refractivity contribution >= 4 is 33.3 Å². The number of H-pyrrole nitrogens is 2. The fourth-order valence-corrected chi connectivity index (χ4v) is 5.00. The van der Waals surface area contributed by atoms with Crippen LogP contribution in [0.25, 0.3) is 55.3 Å². The lowest BCUT2D eigenvalue weighted by Gasteiger charge is -2.08. The van der Waals surface area contributed by atoms with Gasteiger partial charge in [0, 0.05) is 23.3 Å². The number of aromatic amines is 2. The molecule has 7 rings (SSSR count). The molecule has 0 spiro atoms. The molecule has 9 heteroatoms. The van der Waals surface area contributed by atoms with E-state index in [2.05, 4.69) is 36.2 Å². The second-order valence-corrected chi connectivity index (χ2v) is 9.44. The minimum Gasteiger partial charge on any atom is -0.487 e. The maximum Gasteiger partial charge on any atom is 0.159 e. The van der Waals surface area contributed by atoms with Gasteiger partial charge in [-0.15, -0.1) is 11.3 Å². The number of benzene rings is 1. The summed E-state index contributed by atoms with van der Waals surface area (Å²) < 4.78 is 5.97. The number of hydrogen-bond acceptors (Lipinski definition) is 7. The quantitative estimate of drug-likeness (QED) is 0.278. The molecule has 0 saturated heterocycles. The Kier molecular flexibility index (Phi) is 5.18. The normalized spacial score (nSPS) is 11.4. The van der Waals surface area contributed by atoms with Crippen molar-refractivity contribution in [2.45, 2.75) is 6.61 Å². The van der Waals surface area contributed by atoms with E-state index in [9.17, 15) is 0 Å². The first-order valence-corrected chi connectivity index (χ1v) is 12.5. The highest BCUT2D eigenvalue weighted by atomic mass is 32.1. The van der Waals surface area contributed by atoms with Crippen LogP contribution in [0.3, 0.4) is 0 Å². The molecule has 0 radical (unpaired) electrons. The summed E-state index contributed by atoms with van der Waals surface area (Å²) in [4.78, 5) is 22.9. The Bertz CT molecular complexity index is 1840. The van der Waals surface area contributed by atoms with Gasteiger partial charge in [0.05, 0.1) is 34.0 Å². The van der Waals surface area contributed by atoms with Gasteiger partial charge in [0.2, 0.25) is 0 Å². The van der Waals surface area contributed by atoms with Crippen molar-refractivity contribution in [2.75, 3.05) is 0 Å². The summed E-state index contributed by atoms with van der Waals surface area (Å²) in [6.07, 6.45) is 7.06. The van der Waals surface area contributed by atoms with Crippen LogP contribution in [0.4, 0.5) is 0 Å². The highest BCUT2D eigenvalue weighted by Gasteiger charge is 2.17. The summed E-state index contributed by atoms with van der Waals surface area (Å²) in [6.45, 7) is 0.471. The number of nitrogens with zero attached hydrogens (tertiary/aromatic N) is 5. The van der Waals surface area contributed by atoms with E-state index in [1.165, 1.54) is 0 Å². The largest absolute Gasteiger partial charge is 0.487 e. The summed E-state index contributed by atoms with van der Waals surface area (Å²) in [5, 5.41) is 10.6. The lowest BCUT2D eigenvalue weighted by atomic mass is 10.1. The number of nitrogens with one attached hydrogen (secondary N) is 2. The van der Waals surface area contributed by atoms with Crippen molar-refractivity contribution in [1.29, 1.82) is 0 Å². The first kappa shape index (κ1) is 21.4. The molecule has 0 bridgehead atoms. The third kappa shape index (κ3) is 4.01. The molecule has 6 heterocycles. The summed E-state index contributed by atoms with van der Waals surface area (Å²) in [5.41, 5.74) is 6.84. The Balaban J connectivity index is 1.24. The number of thiophene rings is 1. The monoisotopic (exact) mass is 501 g/mol. The predicted molar refractivity (Wildman–Crippen MR) is 144 cm³/mol. The van der Waals surface area contributed by atoms with Gasteiger partial charge in [-0.25, -0.2) is 4.98 Å². The molecule has 0 aliphatic heterocycles. The second kappa shape index (κ2) is 8.96. The number of imidazole rings is 1. The van der Waals surface area contributed by atoms with Gasteiger partial charge in [-0.05, 0) is 35.2 Å². The molecule has 8 nitrogen and oxygen atoms in total. The van der Waals surface area contributed by atoms with E-state index in [0.717, 1.165) is 55.0 Å². The van der Waals surface area contributed by atoms with Crippen LogP contribution < -0.4 is 4.74 Å². The van der Waals surface area contributed by atoms with Crippen molar-refractivity contribution in [3.8, 4) is 39.1 Å². The minimum atomic E-state index is 0.471. The first-order chi connectivity index (χ1) is 18.3. The highest BCUT2D eigenvalue weighted by molar-refractivity contribution is 7.13. The van der Waals surface area contributed by atoms with E-state index in [0.29, 0.717) is 18.2 Å². The topological polar surface area (TPSA) is 105 Å². The molecule has 0 amide bonds. The van der Waals surface area contributed by atoms with E-state index in [-0.39, 0.29) is 0 Å². The SMILES string of the molecule is c1ccc(COc2cncc(-c3cc4c(-c5nc6c(-c7cccs7)nccc6[nH]5)n[nH]c4cn3)c2)cc1. The summed E-state index contributed by atoms with van der Waals surface area (Å²) in [6, 6.07) is 20.0. The fraction of sp³-hybridized carbons (Fsp3) is 0.0357. The van der Waals surface area contributed by atoms with Gasteiger partial charge in [-0.2, -0.15) is 5.10 Å². The Morgan fingerprint density at radius 1 is 0.865 bits per heavy atom. The number of ether oxygens (including phenoxy) is 1. The molecule has 178 valence electrons. The number of aromatic nitrogens is 7. The Morgan fingerprint density at radius 2 is 1.81 bits per heavy atom. The summed E-state index contributed by atoms with van der Waals surface area (Å²) in [5.74, 6) is 1.35. The molecule has 6 aromatic heterocycles. The molecule has 2 N–H and O–H groups in total. The van der Waals surface area contributed by atoms with E-state index in [4.69, 9.17) is 9.72 Å². The van der Waals surface area contributed by atoms with Gasteiger partial charge in [0.25, 0.3) is 0 Å². The zero-order valence-electron chi connectivity index (χ0n) is 19.4. The molecule has 1 aromatic carbocycles. The summed E-state index contributed by atoms with van der Waals surface area (Å²) in [7, 11) is 0. The maximum absolute atomic E-state index is 5.97. The zero-order chi connectivity index (χ0) is 24.6. The highest BCUT2D eigenvalue weighted by Crippen LogP contribution is 2.33. The van der Waals surface area contributed by atoms with Gasteiger partial charge >= 0.3 is 0 Å². The van der Waals surface area contributed by atoms with Crippen LogP contribution in [0.15, 0.2) is 90.8 Å². The molecular formula is C28H19N7OS. The van der Waals surface area contributed by atoms with Crippen LogP contribution in [-0.4, -0.2) is 35.1 Å². The van der Waals surface area contributed by atoms with Gasteiger partial charge in [0.1, 0.15) is 29.3 Å². The van der Waals surface area contributed by atoms with E-state index in [1.54, 1.807) is 36.1 Å². The molecular weight excluding hydrogens is 482 g/mol. The Labute approximate surface area is 215 Å². The number of fused-ring (bicyclic) bond motifs is 2. The molecule has 0 unspecified atom stereocenters. The van der Waals surface area contributed by atoms with Crippen molar-refractivity contribution in [3.05, 3.63) is 96.4 Å². The smallest absolute Gasteiger partial charge is 0.159 e. The van der Waals surface area contributed by atoms with Gasteiger partial charge in [0.15, 0.2) is 5.82 Å². The van der Waals surface area contributed by atoms with Crippen LogP contribution in [0, 0.1) is 0 Å². The lowest BCUT2D eigenvalue weighted by molar-refractivity contribution is 0.305. The van der Waals surface area contributed by atoms with Crippen molar-refractivity contribution < 1.29 is 4.74 Å². The van der Waals surface area contributed by atoms with E-state index in [1.807, 2.05) is 60.0 Å². The molecule has 37 heavy (non-hydrogen) atoms. The minimum absolute atomic E-state index is 0.471. The summed E-state index contributed by atoms with van der Waals surface area (Å²) >= 11 is 1.64. The van der Waals surface area contributed by atoms with Crippen LogP contribution in [0.1, 0.15) is 5.56 Å². The van der Waals surface area contributed by atoms with E-state index >= 15 is 0 Å². The Morgan fingerprint density at radius 3 is 2.70 bits per heavy atom. The molecule has 0 fully saturated rings. The number of pyridine rings is 3. The van der Waals surface area contributed by atoms with Gasteiger partial charge in [-0.3, -0.25) is 20.1 Å². The third-order valence-electron chi connectivity index (χ3n) is 6.08. The average molecular weight is 502 g/mol. The van der Waals surface area contributed by atoms with Crippen LogP contribution in [0.2, 0.25) is 0 Å². The molecule has 0 saturated carbocycles. The zero-order valence-corrected chi connectivity index (χ0v) is 20.2. The first-order valence-electron chi connectivity index (χ1n) is 11.7.